The second-order valence-corrected chi connectivity index (χ2v) is 6.09. The van der Waals surface area contributed by atoms with E-state index in [1.54, 1.807) is 24.3 Å². The lowest BCUT2D eigenvalue weighted by Gasteiger charge is -2.15. The molecule has 0 saturated carbocycles. The van der Waals surface area contributed by atoms with E-state index in [1.165, 1.54) is 28.4 Å². The Morgan fingerprint density at radius 1 is 0.778 bits per heavy atom. The number of carbonyl (C=O) groups is 1. The first-order chi connectivity index (χ1) is 12.9. The highest BCUT2D eigenvalue weighted by Gasteiger charge is 2.14. The molecule has 0 heterocycles. The molecule has 0 bridgehead atoms. The van der Waals surface area contributed by atoms with Gasteiger partial charge in [0, 0.05) is 24.3 Å². The topological polar surface area (TPSA) is 78.1 Å². The molecule has 0 radical (unpaired) electrons. The number of ether oxygens (including phenoxy) is 4. The zero-order valence-electron chi connectivity index (χ0n) is 15.3. The van der Waals surface area contributed by atoms with Crippen molar-refractivity contribution in [1.29, 1.82) is 0 Å². The average Bonchev–Trinajstić information content (AvgIpc) is 2.67. The summed E-state index contributed by atoms with van der Waals surface area (Å²) in [5.41, 5.74) is 1.00. The van der Waals surface area contributed by atoms with Gasteiger partial charge in [-0.2, -0.15) is 0 Å². The minimum Gasteiger partial charge on any atom is -0.495 e. The van der Waals surface area contributed by atoms with Crippen LogP contribution in [0.3, 0.4) is 0 Å². The number of rotatable bonds is 8. The number of carbonyl (C=O) groups excluding carboxylic acids is 1. The Kier molecular flexibility index (Phi) is 7.27. The molecule has 1 amide bonds. The summed E-state index contributed by atoms with van der Waals surface area (Å²) in [5.74, 6) is 1.47. The van der Waals surface area contributed by atoms with Gasteiger partial charge in [0.2, 0.25) is 5.91 Å². The van der Waals surface area contributed by atoms with Crippen LogP contribution < -0.4 is 29.6 Å². The smallest absolute Gasteiger partial charge is 0.243 e. The van der Waals surface area contributed by atoms with Crippen LogP contribution in [0.1, 0.15) is 0 Å². The second kappa shape index (κ2) is 9.43. The first kappa shape index (κ1) is 20.8. The Bertz CT molecular complexity index is 830. The molecule has 0 atom stereocenters. The van der Waals surface area contributed by atoms with Crippen LogP contribution in [0, 0.1) is 0 Å². The van der Waals surface area contributed by atoms with Crippen LogP contribution in [0.25, 0.3) is 0 Å². The van der Waals surface area contributed by atoms with Crippen LogP contribution in [0.2, 0.25) is 10.0 Å². The lowest BCUT2D eigenvalue weighted by molar-refractivity contribution is -0.114. The van der Waals surface area contributed by atoms with E-state index in [0.29, 0.717) is 44.4 Å². The van der Waals surface area contributed by atoms with Crippen LogP contribution in [-0.2, 0) is 4.79 Å². The van der Waals surface area contributed by atoms with Gasteiger partial charge in [-0.3, -0.25) is 4.79 Å². The summed E-state index contributed by atoms with van der Waals surface area (Å²) in [5, 5.41) is 6.52. The van der Waals surface area contributed by atoms with Crippen LogP contribution in [0.5, 0.6) is 23.0 Å². The highest BCUT2D eigenvalue weighted by atomic mass is 35.5. The van der Waals surface area contributed by atoms with Gasteiger partial charge in [0.1, 0.15) is 23.0 Å². The van der Waals surface area contributed by atoms with Crippen LogP contribution in [-0.4, -0.2) is 40.9 Å². The molecule has 0 spiro atoms. The van der Waals surface area contributed by atoms with Crippen LogP contribution in [0.15, 0.2) is 24.3 Å². The van der Waals surface area contributed by atoms with Crippen molar-refractivity contribution in [2.24, 2.45) is 0 Å². The minimum atomic E-state index is -0.311. The third-order valence-corrected chi connectivity index (χ3v) is 4.25. The molecule has 2 aromatic rings. The molecule has 0 aliphatic rings. The Morgan fingerprint density at radius 3 is 1.70 bits per heavy atom. The summed E-state index contributed by atoms with van der Waals surface area (Å²) in [4.78, 5) is 12.4. The molecule has 2 aromatic carbocycles. The lowest BCUT2D eigenvalue weighted by Crippen LogP contribution is -2.22. The van der Waals surface area contributed by atoms with Crippen molar-refractivity contribution < 1.29 is 23.7 Å². The first-order valence-corrected chi connectivity index (χ1v) is 8.55. The van der Waals surface area contributed by atoms with E-state index in [-0.39, 0.29) is 12.5 Å². The van der Waals surface area contributed by atoms with Gasteiger partial charge >= 0.3 is 0 Å². The summed E-state index contributed by atoms with van der Waals surface area (Å²) in [6.45, 7) is -0.0325. The van der Waals surface area contributed by atoms with Gasteiger partial charge in [0.15, 0.2) is 0 Å². The molecular formula is C18H20Cl2N2O5. The molecule has 0 aromatic heterocycles. The number of anilines is 2. The first-order valence-electron chi connectivity index (χ1n) is 7.80. The number of hydrogen-bond donors (Lipinski definition) is 2. The maximum absolute atomic E-state index is 12.4. The Balaban J connectivity index is 2.13. The van der Waals surface area contributed by atoms with Crippen molar-refractivity contribution >= 4 is 40.5 Å². The van der Waals surface area contributed by atoms with Crippen LogP contribution in [0.4, 0.5) is 11.4 Å². The summed E-state index contributed by atoms with van der Waals surface area (Å²) in [7, 11) is 5.98. The summed E-state index contributed by atoms with van der Waals surface area (Å²) in [6.07, 6.45) is 0. The molecular weight excluding hydrogens is 395 g/mol. The molecule has 0 aliphatic carbocycles. The monoisotopic (exact) mass is 414 g/mol. The molecule has 7 nitrogen and oxygen atoms in total. The predicted molar refractivity (Wildman–Crippen MR) is 106 cm³/mol. The number of nitrogens with one attached hydrogen (secondary N) is 2. The quantitative estimate of drug-likeness (QED) is 0.677. The fourth-order valence-corrected chi connectivity index (χ4v) is 2.79. The van der Waals surface area contributed by atoms with E-state index in [1.807, 2.05) is 0 Å². The summed E-state index contributed by atoms with van der Waals surface area (Å²) < 4.78 is 20.9. The van der Waals surface area contributed by atoms with Gasteiger partial charge in [0.25, 0.3) is 0 Å². The van der Waals surface area contributed by atoms with E-state index in [2.05, 4.69) is 10.6 Å². The van der Waals surface area contributed by atoms with Gasteiger partial charge in [-0.25, -0.2) is 0 Å². The summed E-state index contributed by atoms with van der Waals surface area (Å²) in [6, 6.07) is 6.41. The molecule has 27 heavy (non-hydrogen) atoms. The Morgan fingerprint density at radius 2 is 1.22 bits per heavy atom. The third-order valence-electron chi connectivity index (χ3n) is 3.66. The van der Waals surface area contributed by atoms with Gasteiger partial charge in [-0.15, -0.1) is 0 Å². The standard InChI is InChI=1S/C18H20Cl2N2O5/c1-24-14-7-12(16(26-3)5-10(14)19)21-9-18(23)22-13-8-15(25-2)11(20)6-17(13)27-4/h5-8,21H,9H2,1-4H3,(H,22,23). The molecule has 0 unspecified atom stereocenters. The third kappa shape index (κ3) is 5.02. The number of hydrogen-bond acceptors (Lipinski definition) is 6. The molecule has 2 N–H and O–H groups in total. The van der Waals surface area contributed by atoms with Crippen LogP contribution >= 0.6 is 23.2 Å². The number of halogens is 2. The molecule has 9 heteroatoms. The normalized spacial score (nSPS) is 10.1. The second-order valence-electron chi connectivity index (χ2n) is 5.28. The molecule has 2 rings (SSSR count). The van der Waals surface area contributed by atoms with Crippen molar-refractivity contribution in [2.75, 3.05) is 45.6 Å². The Labute approximate surface area is 167 Å². The predicted octanol–water partition coefficient (Wildman–Crippen LogP) is 4.08. The number of amides is 1. The van der Waals surface area contributed by atoms with Crippen molar-refractivity contribution in [2.45, 2.75) is 0 Å². The summed E-state index contributed by atoms with van der Waals surface area (Å²) >= 11 is 12.1. The zero-order valence-corrected chi connectivity index (χ0v) is 16.8. The fourth-order valence-electron chi connectivity index (χ4n) is 2.33. The molecule has 0 saturated heterocycles. The maximum Gasteiger partial charge on any atom is 0.243 e. The Hall–Kier alpha value is -2.51. The van der Waals surface area contributed by atoms with E-state index in [0.717, 1.165) is 0 Å². The average molecular weight is 415 g/mol. The van der Waals surface area contributed by atoms with Crippen molar-refractivity contribution in [1.82, 2.24) is 0 Å². The largest absolute Gasteiger partial charge is 0.495 e. The van der Waals surface area contributed by atoms with Crippen molar-refractivity contribution in [3.05, 3.63) is 34.3 Å². The van der Waals surface area contributed by atoms with E-state index in [4.69, 9.17) is 42.1 Å². The minimum absolute atomic E-state index is 0.0325. The van der Waals surface area contributed by atoms with E-state index >= 15 is 0 Å². The van der Waals surface area contributed by atoms with Crippen molar-refractivity contribution in [3.8, 4) is 23.0 Å². The van der Waals surface area contributed by atoms with E-state index < -0.39 is 0 Å². The van der Waals surface area contributed by atoms with Gasteiger partial charge in [-0.05, 0) is 0 Å². The lowest BCUT2D eigenvalue weighted by atomic mass is 10.2. The maximum atomic E-state index is 12.4. The van der Waals surface area contributed by atoms with Gasteiger partial charge in [-0.1, -0.05) is 23.2 Å². The fraction of sp³-hybridized carbons (Fsp3) is 0.278. The van der Waals surface area contributed by atoms with Gasteiger partial charge < -0.3 is 29.6 Å². The molecule has 146 valence electrons. The van der Waals surface area contributed by atoms with E-state index in [9.17, 15) is 4.79 Å². The zero-order chi connectivity index (χ0) is 20.0. The molecule has 0 aliphatic heterocycles. The highest BCUT2D eigenvalue weighted by molar-refractivity contribution is 6.32. The number of benzene rings is 2. The SMILES string of the molecule is COc1cc(NCC(=O)Nc2cc(OC)c(Cl)cc2OC)c(OC)cc1Cl. The highest BCUT2D eigenvalue weighted by Crippen LogP contribution is 2.37. The molecule has 0 fully saturated rings. The van der Waals surface area contributed by atoms with Gasteiger partial charge in [0.05, 0.1) is 56.4 Å². The number of methoxy groups -OCH3 is 4. The van der Waals surface area contributed by atoms with Crippen molar-refractivity contribution in [3.63, 3.8) is 0 Å².